The van der Waals surface area contributed by atoms with Crippen LogP contribution in [0.4, 0.5) is 0 Å². The minimum atomic E-state index is -0.236. The molecule has 1 amide bonds. The second-order valence-corrected chi connectivity index (χ2v) is 4.62. The van der Waals surface area contributed by atoms with E-state index in [0.717, 1.165) is 5.56 Å². The van der Waals surface area contributed by atoms with Gasteiger partial charge in [0.1, 0.15) is 0 Å². The molecule has 0 saturated heterocycles. The molecule has 0 fully saturated rings. The van der Waals surface area contributed by atoms with Crippen LogP contribution in [0, 0.1) is 5.92 Å². The average molecular weight is 250 g/mol. The Kier molecular flexibility index (Phi) is 5.82. The van der Waals surface area contributed by atoms with Gasteiger partial charge in [0, 0.05) is 19.1 Å². The van der Waals surface area contributed by atoms with Gasteiger partial charge in [-0.1, -0.05) is 37.3 Å². The van der Waals surface area contributed by atoms with Crippen molar-refractivity contribution in [2.45, 2.75) is 26.4 Å². The number of nitrogens with two attached hydrogens (primary N) is 1. The molecular formula is C14H22N2O2. The highest BCUT2D eigenvalue weighted by atomic mass is 16.3. The Hall–Kier alpha value is -1.39. The van der Waals surface area contributed by atoms with E-state index in [1.54, 1.807) is 4.90 Å². The first-order chi connectivity index (χ1) is 8.56. The van der Waals surface area contributed by atoms with Gasteiger partial charge >= 0.3 is 0 Å². The third-order valence-electron chi connectivity index (χ3n) is 3.08. The number of carbonyl (C=O) groups excluding carboxylic acids is 1. The van der Waals surface area contributed by atoms with E-state index in [4.69, 9.17) is 10.8 Å². The highest BCUT2D eigenvalue weighted by Gasteiger charge is 2.23. The highest BCUT2D eigenvalue weighted by Crippen LogP contribution is 2.10. The third kappa shape index (κ3) is 4.13. The molecule has 2 unspecified atom stereocenters. The van der Waals surface area contributed by atoms with Crippen LogP contribution in [0.3, 0.4) is 0 Å². The molecule has 100 valence electrons. The Morgan fingerprint density at radius 1 is 1.33 bits per heavy atom. The van der Waals surface area contributed by atoms with Crippen LogP contribution in [-0.2, 0) is 11.3 Å². The van der Waals surface area contributed by atoms with Crippen LogP contribution in [0.1, 0.15) is 19.4 Å². The topological polar surface area (TPSA) is 66.6 Å². The molecule has 0 bridgehead atoms. The minimum Gasteiger partial charge on any atom is -0.395 e. The van der Waals surface area contributed by atoms with E-state index in [1.807, 2.05) is 44.2 Å². The lowest BCUT2D eigenvalue weighted by molar-refractivity contribution is -0.136. The van der Waals surface area contributed by atoms with E-state index in [-0.39, 0.29) is 24.5 Å². The summed E-state index contributed by atoms with van der Waals surface area (Å²) in [6.45, 7) is 4.46. The fourth-order valence-corrected chi connectivity index (χ4v) is 1.70. The molecule has 1 aromatic rings. The molecule has 4 nitrogen and oxygen atoms in total. The Morgan fingerprint density at radius 3 is 2.44 bits per heavy atom. The van der Waals surface area contributed by atoms with Gasteiger partial charge in [-0.3, -0.25) is 4.79 Å². The molecule has 18 heavy (non-hydrogen) atoms. The largest absolute Gasteiger partial charge is 0.395 e. The molecule has 0 aliphatic carbocycles. The fourth-order valence-electron chi connectivity index (χ4n) is 1.70. The van der Waals surface area contributed by atoms with Crippen molar-refractivity contribution in [2.75, 3.05) is 13.2 Å². The number of hydrogen-bond donors (Lipinski definition) is 2. The molecule has 0 saturated carbocycles. The van der Waals surface area contributed by atoms with E-state index < -0.39 is 0 Å². The Morgan fingerprint density at radius 2 is 1.94 bits per heavy atom. The Balaban J connectivity index is 2.73. The summed E-state index contributed by atoms with van der Waals surface area (Å²) < 4.78 is 0. The van der Waals surface area contributed by atoms with Gasteiger partial charge in [-0.25, -0.2) is 0 Å². The third-order valence-corrected chi connectivity index (χ3v) is 3.08. The van der Waals surface area contributed by atoms with Gasteiger partial charge in [-0.15, -0.1) is 0 Å². The average Bonchev–Trinajstić information content (AvgIpc) is 2.37. The molecule has 0 aromatic heterocycles. The number of rotatable bonds is 6. The van der Waals surface area contributed by atoms with Crippen molar-refractivity contribution in [1.82, 2.24) is 4.90 Å². The van der Waals surface area contributed by atoms with Gasteiger partial charge in [0.05, 0.1) is 12.5 Å². The van der Waals surface area contributed by atoms with E-state index >= 15 is 0 Å². The maximum atomic E-state index is 12.2. The second-order valence-electron chi connectivity index (χ2n) is 4.62. The summed E-state index contributed by atoms with van der Waals surface area (Å²) in [5.41, 5.74) is 6.81. The number of nitrogens with zero attached hydrogens (tertiary/aromatic N) is 1. The number of carbonyl (C=O) groups is 1. The summed E-state index contributed by atoms with van der Waals surface area (Å²) in [6.07, 6.45) is 0. The van der Waals surface area contributed by atoms with E-state index in [9.17, 15) is 4.79 Å². The first-order valence-corrected chi connectivity index (χ1v) is 6.25. The van der Waals surface area contributed by atoms with Crippen LogP contribution in [0.15, 0.2) is 30.3 Å². The van der Waals surface area contributed by atoms with Gasteiger partial charge in [0.2, 0.25) is 5.91 Å². The first kappa shape index (κ1) is 14.7. The summed E-state index contributed by atoms with van der Waals surface area (Å²) >= 11 is 0. The maximum absolute atomic E-state index is 12.2. The molecule has 1 aromatic carbocycles. The van der Waals surface area contributed by atoms with Crippen molar-refractivity contribution in [1.29, 1.82) is 0 Å². The molecule has 1 rings (SSSR count). The lowest BCUT2D eigenvalue weighted by atomic mass is 10.0. The standard InChI is InChI=1S/C14H22N2O2/c1-11(12(2)15)14(18)16(8-9-17)10-13-6-4-3-5-7-13/h3-7,11-12,17H,8-10,15H2,1-2H3. The summed E-state index contributed by atoms with van der Waals surface area (Å²) in [4.78, 5) is 13.9. The number of benzene rings is 1. The smallest absolute Gasteiger partial charge is 0.227 e. The molecule has 2 atom stereocenters. The van der Waals surface area contributed by atoms with Crippen molar-refractivity contribution in [3.63, 3.8) is 0 Å². The van der Waals surface area contributed by atoms with Gasteiger partial charge in [0.15, 0.2) is 0 Å². The van der Waals surface area contributed by atoms with Crippen LogP contribution >= 0.6 is 0 Å². The van der Waals surface area contributed by atoms with E-state index in [2.05, 4.69) is 0 Å². The molecule has 0 aliphatic heterocycles. The fraction of sp³-hybridized carbons (Fsp3) is 0.500. The Bertz CT molecular complexity index is 365. The Labute approximate surface area is 108 Å². The predicted octanol–water partition coefficient (Wildman–Crippen LogP) is 0.991. The maximum Gasteiger partial charge on any atom is 0.227 e. The molecule has 0 heterocycles. The van der Waals surface area contributed by atoms with Crippen molar-refractivity contribution in [2.24, 2.45) is 11.7 Å². The predicted molar refractivity (Wildman–Crippen MR) is 71.8 cm³/mol. The highest BCUT2D eigenvalue weighted by molar-refractivity contribution is 5.79. The molecule has 0 aliphatic rings. The zero-order valence-corrected chi connectivity index (χ0v) is 11.0. The van der Waals surface area contributed by atoms with E-state index in [1.165, 1.54) is 0 Å². The summed E-state index contributed by atoms with van der Waals surface area (Å²) in [7, 11) is 0. The van der Waals surface area contributed by atoms with Crippen molar-refractivity contribution < 1.29 is 9.90 Å². The van der Waals surface area contributed by atoms with Crippen LogP contribution in [-0.4, -0.2) is 35.1 Å². The van der Waals surface area contributed by atoms with Crippen molar-refractivity contribution in [3.8, 4) is 0 Å². The van der Waals surface area contributed by atoms with Crippen molar-refractivity contribution in [3.05, 3.63) is 35.9 Å². The monoisotopic (exact) mass is 250 g/mol. The van der Waals surface area contributed by atoms with Crippen LogP contribution in [0.25, 0.3) is 0 Å². The summed E-state index contributed by atoms with van der Waals surface area (Å²) in [5.74, 6) is -0.247. The zero-order chi connectivity index (χ0) is 13.5. The summed E-state index contributed by atoms with van der Waals surface area (Å²) in [5, 5.41) is 9.06. The zero-order valence-electron chi connectivity index (χ0n) is 11.0. The molecule has 0 radical (unpaired) electrons. The lowest BCUT2D eigenvalue weighted by Gasteiger charge is -2.26. The SMILES string of the molecule is CC(N)C(C)C(=O)N(CCO)Cc1ccccc1. The normalized spacial score (nSPS) is 14.0. The number of aliphatic hydroxyl groups excluding tert-OH is 1. The van der Waals surface area contributed by atoms with Gasteiger partial charge in [0.25, 0.3) is 0 Å². The van der Waals surface area contributed by atoms with Gasteiger partial charge < -0.3 is 15.7 Å². The van der Waals surface area contributed by atoms with Gasteiger partial charge in [-0.2, -0.15) is 0 Å². The van der Waals surface area contributed by atoms with Crippen LogP contribution in [0.2, 0.25) is 0 Å². The lowest BCUT2D eigenvalue weighted by Crippen LogP contribution is -2.42. The summed E-state index contributed by atoms with van der Waals surface area (Å²) in [6, 6.07) is 9.56. The number of amides is 1. The number of aliphatic hydroxyl groups is 1. The molecular weight excluding hydrogens is 228 g/mol. The second kappa shape index (κ2) is 7.13. The van der Waals surface area contributed by atoms with Crippen LogP contribution in [0.5, 0.6) is 0 Å². The van der Waals surface area contributed by atoms with Gasteiger partial charge in [-0.05, 0) is 12.5 Å². The quantitative estimate of drug-likeness (QED) is 0.791. The number of hydrogen-bond acceptors (Lipinski definition) is 3. The van der Waals surface area contributed by atoms with E-state index in [0.29, 0.717) is 13.1 Å². The molecule has 3 N–H and O–H groups in total. The first-order valence-electron chi connectivity index (χ1n) is 6.25. The molecule has 4 heteroatoms. The van der Waals surface area contributed by atoms with Crippen LogP contribution < -0.4 is 5.73 Å². The van der Waals surface area contributed by atoms with Crippen molar-refractivity contribution >= 4 is 5.91 Å². The minimum absolute atomic E-state index is 0.0112. The molecule has 0 spiro atoms.